The number of para-hydroxylation sites is 2. The SMILES string of the molecule is CCN(Cc1ccccc1)Cc1nc2ccccc2[nH]1. The van der Waals surface area contributed by atoms with E-state index in [2.05, 4.69) is 58.2 Å². The zero-order valence-corrected chi connectivity index (χ0v) is 11.7. The van der Waals surface area contributed by atoms with Crippen molar-refractivity contribution in [3.63, 3.8) is 0 Å². The standard InChI is InChI=1S/C17H19N3/c1-2-20(12-14-8-4-3-5-9-14)13-17-18-15-10-6-7-11-16(15)19-17/h3-11H,2,12-13H2,1H3,(H,18,19). The molecule has 0 atom stereocenters. The number of nitrogens with one attached hydrogen (secondary N) is 1. The van der Waals surface area contributed by atoms with Crippen LogP contribution in [0.1, 0.15) is 18.3 Å². The van der Waals surface area contributed by atoms with Crippen LogP contribution in [0.4, 0.5) is 0 Å². The topological polar surface area (TPSA) is 31.9 Å². The Kier molecular flexibility index (Phi) is 3.79. The fraction of sp³-hybridized carbons (Fsp3) is 0.235. The van der Waals surface area contributed by atoms with Gasteiger partial charge < -0.3 is 4.98 Å². The molecule has 0 unspecified atom stereocenters. The molecule has 3 nitrogen and oxygen atoms in total. The zero-order chi connectivity index (χ0) is 13.8. The highest BCUT2D eigenvalue weighted by molar-refractivity contribution is 5.74. The normalized spacial score (nSPS) is 11.3. The van der Waals surface area contributed by atoms with Crippen molar-refractivity contribution in [2.45, 2.75) is 20.0 Å². The van der Waals surface area contributed by atoms with Gasteiger partial charge in [0, 0.05) is 6.54 Å². The number of aromatic nitrogens is 2. The molecule has 3 aromatic rings. The largest absolute Gasteiger partial charge is 0.341 e. The van der Waals surface area contributed by atoms with Gasteiger partial charge in [-0.15, -0.1) is 0 Å². The van der Waals surface area contributed by atoms with Gasteiger partial charge in [-0.2, -0.15) is 0 Å². The number of hydrogen-bond acceptors (Lipinski definition) is 2. The van der Waals surface area contributed by atoms with Crippen molar-refractivity contribution in [2.75, 3.05) is 6.54 Å². The second-order valence-corrected chi connectivity index (χ2v) is 4.99. The van der Waals surface area contributed by atoms with Crippen LogP contribution in [0.3, 0.4) is 0 Å². The van der Waals surface area contributed by atoms with Gasteiger partial charge in [0.1, 0.15) is 5.82 Å². The second kappa shape index (κ2) is 5.88. The van der Waals surface area contributed by atoms with E-state index in [4.69, 9.17) is 0 Å². The van der Waals surface area contributed by atoms with E-state index < -0.39 is 0 Å². The summed E-state index contributed by atoms with van der Waals surface area (Å²) in [5.74, 6) is 1.03. The van der Waals surface area contributed by atoms with Gasteiger partial charge in [-0.1, -0.05) is 49.4 Å². The third-order valence-electron chi connectivity index (χ3n) is 3.51. The molecule has 2 aromatic carbocycles. The lowest BCUT2D eigenvalue weighted by Crippen LogP contribution is -2.22. The third kappa shape index (κ3) is 2.89. The van der Waals surface area contributed by atoms with E-state index in [1.54, 1.807) is 0 Å². The van der Waals surface area contributed by atoms with Gasteiger partial charge in [0.15, 0.2) is 0 Å². The number of H-pyrrole nitrogens is 1. The molecule has 1 N–H and O–H groups in total. The first-order valence-electron chi connectivity index (χ1n) is 7.05. The average molecular weight is 265 g/mol. The van der Waals surface area contributed by atoms with E-state index in [-0.39, 0.29) is 0 Å². The van der Waals surface area contributed by atoms with E-state index in [1.807, 2.05) is 18.2 Å². The maximum atomic E-state index is 4.64. The van der Waals surface area contributed by atoms with Gasteiger partial charge in [-0.3, -0.25) is 4.90 Å². The molecule has 0 aliphatic heterocycles. The van der Waals surface area contributed by atoms with Crippen LogP contribution >= 0.6 is 0 Å². The van der Waals surface area contributed by atoms with Crippen molar-refractivity contribution in [1.82, 2.24) is 14.9 Å². The minimum absolute atomic E-state index is 0.847. The highest BCUT2D eigenvalue weighted by atomic mass is 15.1. The molecule has 0 saturated heterocycles. The monoisotopic (exact) mass is 265 g/mol. The molecule has 0 aliphatic carbocycles. The second-order valence-electron chi connectivity index (χ2n) is 4.99. The summed E-state index contributed by atoms with van der Waals surface area (Å²) >= 11 is 0. The van der Waals surface area contributed by atoms with Crippen LogP contribution in [0.15, 0.2) is 54.6 Å². The van der Waals surface area contributed by atoms with Crippen molar-refractivity contribution in [3.8, 4) is 0 Å². The lowest BCUT2D eigenvalue weighted by atomic mass is 10.2. The van der Waals surface area contributed by atoms with Crippen LogP contribution in [0, 0.1) is 0 Å². The summed E-state index contributed by atoms with van der Waals surface area (Å²) in [4.78, 5) is 10.4. The van der Waals surface area contributed by atoms with Crippen LogP contribution < -0.4 is 0 Å². The quantitative estimate of drug-likeness (QED) is 0.764. The molecule has 0 bridgehead atoms. The Morgan fingerprint density at radius 2 is 1.70 bits per heavy atom. The Balaban J connectivity index is 1.74. The molecule has 0 radical (unpaired) electrons. The van der Waals surface area contributed by atoms with Gasteiger partial charge in [-0.25, -0.2) is 4.98 Å². The molecule has 3 rings (SSSR count). The predicted molar refractivity (Wildman–Crippen MR) is 82.3 cm³/mol. The van der Waals surface area contributed by atoms with Crippen molar-refractivity contribution >= 4 is 11.0 Å². The van der Waals surface area contributed by atoms with Crippen LogP contribution in [-0.2, 0) is 13.1 Å². The van der Waals surface area contributed by atoms with Crippen molar-refractivity contribution in [3.05, 3.63) is 66.0 Å². The number of imidazole rings is 1. The van der Waals surface area contributed by atoms with E-state index >= 15 is 0 Å². The van der Waals surface area contributed by atoms with Crippen LogP contribution in [0.5, 0.6) is 0 Å². The fourth-order valence-electron chi connectivity index (χ4n) is 2.41. The molecule has 3 heteroatoms. The molecule has 102 valence electrons. The lowest BCUT2D eigenvalue weighted by Gasteiger charge is -2.19. The Labute approximate surface area is 119 Å². The smallest absolute Gasteiger partial charge is 0.121 e. The Hall–Kier alpha value is -2.13. The maximum absolute atomic E-state index is 4.64. The molecule has 0 spiro atoms. The van der Waals surface area contributed by atoms with Crippen molar-refractivity contribution in [2.24, 2.45) is 0 Å². The molecule has 20 heavy (non-hydrogen) atoms. The summed E-state index contributed by atoms with van der Waals surface area (Å²) in [6.45, 7) is 4.99. The highest BCUT2D eigenvalue weighted by Crippen LogP contribution is 2.13. The third-order valence-corrected chi connectivity index (χ3v) is 3.51. The predicted octanol–water partition coefficient (Wildman–Crippen LogP) is 3.59. The van der Waals surface area contributed by atoms with Crippen LogP contribution in [0.25, 0.3) is 11.0 Å². The van der Waals surface area contributed by atoms with Gasteiger partial charge >= 0.3 is 0 Å². The molecule has 0 aliphatic rings. The summed E-state index contributed by atoms with van der Waals surface area (Å²) < 4.78 is 0. The number of aromatic amines is 1. The Morgan fingerprint density at radius 3 is 2.45 bits per heavy atom. The highest BCUT2D eigenvalue weighted by Gasteiger charge is 2.08. The zero-order valence-electron chi connectivity index (χ0n) is 11.7. The minimum atomic E-state index is 0.847. The number of benzene rings is 2. The summed E-state index contributed by atoms with van der Waals surface area (Å²) in [5, 5.41) is 0. The number of hydrogen-bond donors (Lipinski definition) is 1. The van der Waals surface area contributed by atoms with E-state index in [1.165, 1.54) is 5.56 Å². The molecular weight excluding hydrogens is 246 g/mol. The average Bonchev–Trinajstić information content (AvgIpc) is 2.90. The molecule has 1 heterocycles. The number of fused-ring (bicyclic) bond motifs is 1. The van der Waals surface area contributed by atoms with Gasteiger partial charge in [0.25, 0.3) is 0 Å². The Bertz CT molecular complexity index is 640. The summed E-state index contributed by atoms with van der Waals surface area (Å²) in [5.41, 5.74) is 3.49. The van der Waals surface area contributed by atoms with Gasteiger partial charge in [0.2, 0.25) is 0 Å². The van der Waals surface area contributed by atoms with Crippen LogP contribution in [-0.4, -0.2) is 21.4 Å². The van der Waals surface area contributed by atoms with Crippen molar-refractivity contribution in [1.29, 1.82) is 0 Å². The molecule has 1 aromatic heterocycles. The number of rotatable bonds is 5. The molecule has 0 saturated carbocycles. The first kappa shape index (κ1) is 12.9. The minimum Gasteiger partial charge on any atom is -0.341 e. The first-order valence-corrected chi connectivity index (χ1v) is 7.05. The maximum Gasteiger partial charge on any atom is 0.121 e. The van der Waals surface area contributed by atoms with E-state index in [9.17, 15) is 0 Å². The lowest BCUT2D eigenvalue weighted by molar-refractivity contribution is 0.265. The number of nitrogens with zero attached hydrogens (tertiary/aromatic N) is 2. The van der Waals surface area contributed by atoms with Gasteiger partial charge in [0.05, 0.1) is 17.6 Å². The summed E-state index contributed by atoms with van der Waals surface area (Å²) in [7, 11) is 0. The van der Waals surface area contributed by atoms with E-state index in [0.29, 0.717) is 0 Å². The molecular formula is C17H19N3. The molecule has 0 amide bonds. The van der Waals surface area contributed by atoms with Crippen molar-refractivity contribution < 1.29 is 0 Å². The van der Waals surface area contributed by atoms with Gasteiger partial charge in [-0.05, 0) is 24.2 Å². The fourth-order valence-corrected chi connectivity index (χ4v) is 2.41. The molecule has 0 fully saturated rings. The summed E-state index contributed by atoms with van der Waals surface area (Å²) in [6.07, 6.45) is 0. The summed E-state index contributed by atoms with van der Waals surface area (Å²) in [6, 6.07) is 18.7. The van der Waals surface area contributed by atoms with Crippen LogP contribution in [0.2, 0.25) is 0 Å². The van der Waals surface area contributed by atoms with E-state index in [0.717, 1.165) is 36.5 Å². The first-order chi connectivity index (χ1) is 9.85. The Morgan fingerprint density at radius 1 is 0.950 bits per heavy atom.